The van der Waals surface area contributed by atoms with E-state index in [1.54, 1.807) is 6.07 Å². The highest BCUT2D eigenvalue weighted by atomic mass is 16.4. The summed E-state index contributed by atoms with van der Waals surface area (Å²) in [6.45, 7) is 2.04. The van der Waals surface area contributed by atoms with E-state index < -0.39 is 5.97 Å². The summed E-state index contributed by atoms with van der Waals surface area (Å²) in [6.07, 6.45) is 2.58. The Morgan fingerprint density at radius 2 is 2.50 bits per heavy atom. The zero-order valence-electron chi connectivity index (χ0n) is 9.18. The molecule has 1 aliphatic heterocycles. The zero-order valence-corrected chi connectivity index (χ0v) is 9.18. The SMILES string of the molecule is CN1CCC(Nc2cc(C(=O)O)ccn2)C1. The summed E-state index contributed by atoms with van der Waals surface area (Å²) < 4.78 is 0. The molecule has 0 aliphatic carbocycles. The summed E-state index contributed by atoms with van der Waals surface area (Å²) in [5, 5.41) is 12.1. The van der Waals surface area contributed by atoms with Crippen molar-refractivity contribution >= 4 is 11.8 Å². The highest BCUT2D eigenvalue weighted by molar-refractivity contribution is 5.88. The van der Waals surface area contributed by atoms with Crippen LogP contribution in [-0.2, 0) is 0 Å². The number of hydrogen-bond acceptors (Lipinski definition) is 4. The van der Waals surface area contributed by atoms with Crippen molar-refractivity contribution in [2.45, 2.75) is 12.5 Å². The number of anilines is 1. The van der Waals surface area contributed by atoms with Gasteiger partial charge in [0.05, 0.1) is 5.56 Å². The monoisotopic (exact) mass is 221 g/mol. The Hall–Kier alpha value is -1.62. The maximum Gasteiger partial charge on any atom is 0.335 e. The van der Waals surface area contributed by atoms with E-state index in [-0.39, 0.29) is 5.56 Å². The number of hydrogen-bond donors (Lipinski definition) is 2. The molecule has 2 heterocycles. The molecule has 0 aromatic carbocycles. The van der Waals surface area contributed by atoms with Gasteiger partial charge in [0.1, 0.15) is 5.82 Å². The number of nitrogens with zero attached hydrogens (tertiary/aromatic N) is 2. The van der Waals surface area contributed by atoms with E-state index in [2.05, 4.69) is 22.2 Å². The Morgan fingerprint density at radius 1 is 1.69 bits per heavy atom. The molecule has 1 aliphatic rings. The predicted octanol–water partition coefficient (Wildman–Crippen LogP) is 0.896. The quantitative estimate of drug-likeness (QED) is 0.793. The first kappa shape index (κ1) is 10.9. The van der Waals surface area contributed by atoms with Crippen LogP contribution in [0.3, 0.4) is 0 Å². The van der Waals surface area contributed by atoms with Crippen LogP contribution in [0.4, 0.5) is 5.82 Å². The molecular weight excluding hydrogens is 206 g/mol. The normalized spacial score (nSPS) is 20.9. The lowest BCUT2D eigenvalue weighted by atomic mass is 10.2. The van der Waals surface area contributed by atoms with Crippen molar-refractivity contribution < 1.29 is 9.90 Å². The largest absolute Gasteiger partial charge is 0.478 e. The maximum atomic E-state index is 10.8. The fraction of sp³-hybridized carbons (Fsp3) is 0.455. The van der Waals surface area contributed by atoms with Gasteiger partial charge in [-0.15, -0.1) is 0 Å². The second-order valence-corrected chi connectivity index (χ2v) is 4.13. The lowest BCUT2D eigenvalue weighted by Gasteiger charge is -2.13. The molecule has 2 rings (SSSR count). The van der Waals surface area contributed by atoms with Crippen LogP contribution in [0.15, 0.2) is 18.3 Å². The first-order chi connectivity index (χ1) is 7.65. The number of carbonyl (C=O) groups is 1. The number of likely N-dealkylation sites (N-methyl/N-ethyl adjacent to an activating group) is 1. The minimum atomic E-state index is -0.922. The molecule has 1 aromatic rings. The Kier molecular flexibility index (Phi) is 3.05. The minimum absolute atomic E-state index is 0.267. The molecular formula is C11H15N3O2. The van der Waals surface area contributed by atoms with Gasteiger partial charge in [0.15, 0.2) is 0 Å². The Labute approximate surface area is 94.1 Å². The van der Waals surface area contributed by atoms with Crippen molar-refractivity contribution in [3.63, 3.8) is 0 Å². The number of aromatic carboxylic acids is 1. The van der Waals surface area contributed by atoms with Crippen LogP contribution < -0.4 is 5.32 Å². The third-order valence-corrected chi connectivity index (χ3v) is 2.75. The van der Waals surface area contributed by atoms with E-state index in [0.29, 0.717) is 11.9 Å². The fourth-order valence-corrected chi connectivity index (χ4v) is 1.90. The number of carboxylic acid groups (broad SMARTS) is 1. The third kappa shape index (κ3) is 2.49. The van der Waals surface area contributed by atoms with Crippen molar-refractivity contribution in [2.24, 2.45) is 0 Å². The topological polar surface area (TPSA) is 65.5 Å². The van der Waals surface area contributed by atoms with Crippen LogP contribution in [-0.4, -0.2) is 47.1 Å². The standard InChI is InChI=1S/C11H15N3O2/c1-14-5-3-9(7-14)13-10-6-8(11(15)16)2-4-12-10/h2,4,6,9H,3,5,7H2,1H3,(H,12,13)(H,15,16). The van der Waals surface area contributed by atoms with Crippen LogP contribution in [0.1, 0.15) is 16.8 Å². The second-order valence-electron chi connectivity index (χ2n) is 4.13. The number of likely N-dealkylation sites (tertiary alicyclic amines) is 1. The van der Waals surface area contributed by atoms with Gasteiger partial charge < -0.3 is 15.3 Å². The maximum absolute atomic E-state index is 10.8. The van der Waals surface area contributed by atoms with Crippen molar-refractivity contribution in [1.29, 1.82) is 0 Å². The molecule has 0 spiro atoms. The summed E-state index contributed by atoms with van der Waals surface area (Å²) in [4.78, 5) is 17.1. The van der Waals surface area contributed by atoms with E-state index in [4.69, 9.17) is 5.11 Å². The van der Waals surface area contributed by atoms with Crippen LogP contribution in [0.2, 0.25) is 0 Å². The Balaban J connectivity index is 2.04. The van der Waals surface area contributed by atoms with Gasteiger partial charge in [-0.3, -0.25) is 0 Å². The summed E-state index contributed by atoms with van der Waals surface area (Å²) in [7, 11) is 2.07. The molecule has 1 unspecified atom stereocenters. The van der Waals surface area contributed by atoms with Crippen LogP contribution >= 0.6 is 0 Å². The van der Waals surface area contributed by atoms with Crippen LogP contribution in [0.5, 0.6) is 0 Å². The lowest BCUT2D eigenvalue weighted by Crippen LogP contribution is -2.24. The average Bonchev–Trinajstić information content (AvgIpc) is 2.64. The summed E-state index contributed by atoms with van der Waals surface area (Å²) in [5.41, 5.74) is 0.267. The summed E-state index contributed by atoms with van der Waals surface area (Å²) in [5.74, 6) is -0.283. The first-order valence-electron chi connectivity index (χ1n) is 5.29. The van der Waals surface area contributed by atoms with E-state index in [9.17, 15) is 4.79 Å². The molecule has 0 saturated carbocycles. The predicted molar refractivity (Wildman–Crippen MR) is 60.7 cm³/mol. The molecule has 1 saturated heterocycles. The van der Waals surface area contributed by atoms with E-state index in [1.165, 1.54) is 12.3 Å². The van der Waals surface area contributed by atoms with E-state index in [0.717, 1.165) is 19.5 Å². The lowest BCUT2D eigenvalue weighted by molar-refractivity contribution is 0.0697. The number of carboxylic acids is 1. The Morgan fingerprint density at radius 3 is 3.12 bits per heavy atom. The molecule has 2 N–H and O–H groups in total. The van der Waals surface area contributed by atoms with Crippen LogP contribution in [0.25, 0.3) is 0 Å². The van der Waals surface area contributed by atoms with Gasteiger partial charge in [-0.2, -0.15) is 0 Å². The average molecular weight is 221 g/mol. The van der Waals surface area contributed by atoms with Gasteiger partial charge in [0.2, 0.25) is 0 Å². The molecule has 16 heavy (non-hydrogen) atoms. The third-order valence-electron chi connectivity index (χ3n) is 2.75. The molecule has 1 atom stereocenters. The molecule has 1 aromatic heterocycles. The summed E-state index contributed by atoms with van der Waals surface area (Å²) >= 11 is 0. The first-order valence-corrected chi connectivity index (χ1v) is 5.29. The molecule has 0 radical (unpaired) electrons. The smallest absolute Gasteiger partial charge is 0.335 e. The van der Waals surface area contributed by atoms with Crippen molar-refractivity contribution in [3.8, 4) is 0 Å². The molecule has 0 amide bonds. The van der Waals surface area contributed by atoms with Crippen LogP contribution in [0, 0.1) is 0 Å². The molecule has 5 nitrogen and oxygen atoms in total. The number of nitrogens with one attached hydrogen (secondary N) is 1. The molecule has 1 fully saturated rings. The summed E-state index contributed by atoms with van der Waals surface area (Å²) in [6, 6.07) is 3.43. The van der Waals surface area contributed by atoms with Gasteiger partial charge in [-0.25, -0.2) is 9.78 Å². The van der Waals surface area contributed by atoms with E-state index in [1.807, 2.05) is 0 Å². The van der Waals surface area contributed by atoms with Gasteiger partial charge in [-0.05, 0) is 32.1 Å². The van der Waals surface area contributed by atoms with E-state index >= 15 is 0 Å². The second kappa shape index (κ2) is 4.49. The fourth-order valence-electron chi connectivity index (χ4n) is 1.90. The number of pyridine rings is 1. The van der Waals surface area contributed by atoms with Gasteiger partial charge in [0.25, 0.3) is 0 Å². The molecule has 0 bridgehead atoms. The Bertz CT molecular complexity index is 395. The van der Waals surface area contributed by atoms with Gasteiger partial charge >= 0.3 is 5.97 Å². The van der Waals surface area contributed by atoms with Gasteiger partial charge in [0, 0.05) is 18.8 Å². The van der Waals surface area contributed by atoms with Crippen molar-refractivity contribution in [1.82, 2.24) is 9.88 Å². The highest BCUT2D eigenvalue weighted by Crippen LogP contribution is 2.13. The number of rotatable bonds is 3. The minimum Gasteiger partial charge on any atom is -0.478 e. The van der Waals surface area contributed by atoms with Crippen molar-refractivity contribution in [2.75, 3.05) is 25.5 Å². The molecule has 86 valence electrons. The van der Waals surface area contributed by atoms with Crippen molar-refractivity contribution in [3.05, 3.63) is 23.9 Å². The number of aromatic nitrogens is 1. The zero-order chi connectivity index (χ0) is 11.5. The van der Waals surface area contributed by atoms with Gasteiger partial charge in [-0.1, -0.05) is 0 Å². The highest BCUT2D eigenvalue weighted by Gasteiger charge is 2.19. The molecule has 5 heteroatoms.